The van der Waals surface area contributed by atoms with Gasteiger partial charge in [0.15, 0.2) is 5.13 Å². The van der Waals surface area contributed by atoms with Crippen molar-refractivity contribution in [1.82, 2.24) is 9.88 Å². The van der Waals surface area contributed by atoms with Gasteiger partial charge in [0.2, 0.25) is 0 Å². The van der Waals surface area contributed by atoms with Gasteiger partial charge in [0.25, 0.3) is 0 Å². The molecular weight excluding hydrogens is 530 g/mol. The van der Waals surface area contributed by atoms with Gasteiger partial charge >= 0.3 is 12.0 Å². The van der Waals surface area contributed by atoms with E-state index in [1.165, 1.54) is 29.6 Å². The lowest BCUT2D eigenvalue weighted by Gasteiger charge is -2.44. The number of urea groups is 1. The Kier molecular flexibility index (Phi) is 9.14. The summed E-state index contributed by atoms with van der Waals surface area (Å²) in [5, 5.41) is 3.59. The van der Waals surface area contributed by atoms with E-state index < -0.39 is 5.54 Å². The Hall–Kier alpha value is -3.97. The molecule has 0 unspecified atom stereocenters. The molecule has 2 amide bonds. The minimum Gasteiger partial charge on any atom is -0.467 e. The minimum absolute atomic E-state index is 0.0674. The highest BCUT2D eigenvalue weighted by molar-refractivity contribution is 7.16. The summed E-state index contributed by atoms with van der Waals surface area (Å²) >= 11 is 1.45. The number of aromatic nitrogens is 1. The van der Waals surface area contributed by atoms with Crippen LogP contribution in [0.5, 0.6) is 0 Å². The van der Waals surface area contributed by atoms with Crippen LogP contribution in [-0.4, -0.2) is 41.1 Å². The Morgan fingerprint density at radius 2 is 1.46 bits per heavy atom. The number of carbonyl (C=O) groups is 2. The monoisotopic (exact) mass is 567 g/mol. The maximum absolute atomic E-state index is 14.2. The van der Waals surface area contributed by atoms with E-state index in [9.17, 15) is 9.59 Å². The Balaban J connectivity index is 1.47. The fourth-order valence-electron chi connectivity index (χ4n) is 6.05. The van der Waals surface area contributed by atoms with Crippen LogP contribution in [0.2, 0.25) is 0 Å². The molecule has 7 heteroatoms. The number of amides is 2. The van der Waals surface area contributed by atoms with Crippen LogP contribution >= 0.6 is 11.3 Å². The maximum Gasteiger partial charge on any atom is 0.331 e. The van der Waals surface area contributed by atoms with Gasteiger partial charge in [-0.15, -0.1) is 11.3 Å². The van der Waals surface area contributed by atoms with Gasteiger partial charge < -0.3 is 9.64 Å². The largest absolute Gasteiger partial charge is 0.467 e. The molecule has 0 atom stereocenters. The van der Waals surface area contributed by atoms with Gasteiger partial charge in [-0.05, 0) is 37.3 Å². The van der Waals surface area contributed by atoms with Crippen LogP contribution in [0.4, 0.5) is 9.93 Å². The average molecular weight is 568 g/mol. The molecule has 0 radical (unpaired) electrons. The SMILES string of the molecule is COC(=O)C1(N(CCC(c2ccccc2)c2ccccc2)C(=O)Nc2nc(-c3ccccc3)c(C)s2)CCCCC1. The molecule has 5 rings (SSSR count). The zero-order valence-corrected chi connectivity index (χ0v) is 24.5. The van der Waals surface area contributed by atoms with Crippen LogP contribution in [0.15, 0.2) is 91.0 Å². The molecule has 1 aromatic heterocycles. The van der Waals surface area contributed by atoms with Gasteiger partial charge in [0.05, 0.1) is 12.8 Å². The number of anilines is 1. The number of nitrogens with one attached hydrogen (secondary N) is 1. The first kappa shape index (κ1) is 28.6. The molecule has 1 heterocycles. The molecule has 1 fully saturated rings. The number of hydrogen-bond acceptors (Lipinski definition) is 5. The van der Waals surface area contributed by atoms with E-state index in [4.69, 9.17) is 9.72 Å². The number of benzene rings is 3. The Morgan fingerprint density at radius 1 is 0.902 bits per heavy atom. The first-order chi connectivity index (χ1) is 20.0. The van der Waals surface area contributed by atoms with Crippen LogP contribution in [-0.2, 0) is 9.53 Å². The predicted octanol–water partition coefficient (Wildman–Crippen LogP) is 8.05. The van der Waals surface area contributed by atoms with Crippen LogP contribution in [0.1, 0.15) is 60.4 Å². The quantitative estimate of drug-likeness (QED) is 0.208. The van der Waals surface area contributed by atoms with Crippen LogP contribution in [0.3, 0.4) is 0 Å². The third-order valence-electron chi connectivity index (χ3n) is 8.11. The molecule has 1 aliphatic carbocycles. The number of aryl methyl sites for hydroxylation is 1. The smallest absolute Gasteiger partial charge is 0.331 e. The molecule has 41 heavy (non-hydrogen) atoms. The molecule has 4 aromatic rings. The number of nitrogens with zero attached hydrogens (tertiary/aromatic N) is 2. The van der Waals surface area contributed by atoms with Gasteiger partial charge in [-0.3, -0.25) is 5.32 Å². The topological polar surface area (TPSA) is 71.5 Å². The summed E-state index contributed by atoms with van der Waals surface area (Å²) in [5.41, 5.74) is 3.20. The second-order valence-electron chi connectivity index (χ2n) is 10.6. The first-order valence-corrected chi connectivity index (χ1v) is 15.1. The summed E-state index contributed by atoms with van der Waals surface area (Å²) in [6.07, 6.45) is 4.60. The molecule has 1 N–H and O–H groups in total. The van der Waals surface area contributed by atoms with E-state index in [1.54, 1.807) is 4.90 Å². The van der Waals surface area contributed by atoms with E-state index in [2.05, 4.69) is 29.6 Å². The molecule has 6 nitrogen and oxygen atoms in total. The summed E-state index contributed by atoms with van der Waals surface area (Å²) in [4.78, 5) is 35.1. The molecule has 1 saturated carbocycles. The molecule has 3 aromatic carbocycles. The van der Waals surface area contributed by atoms with E-state index in [1.807, 2.05) is 73.7 Å². The van der Waals surface area contributed by atoms with E-state index in [-0.39, 0.29) is 17.9 Å². The second kappa shape index (κ2) is 13.1. The summed E-state index contributed by atoms with van der Waals surface area (Å²) in [6, 6.07) is 30.4. The van der Waals surface area contributed by atoms with Crippen molar-refractivity contribution >= 4 is 28.5 Å². The summed E-state index contributed by atoms with van der Waals surface area (Å²) in [7, 11) is 1.42. The van der Waals surface area contributed by atoms with Crippen molar-refractivity contribution in [1.29, 1.82) is 0 Å². The zero-order valence-electron chi connectivity index (χ0n) is 23.7. The van der Waals surface area contributed by atoms with Gasteiger partial charge in [-0.25, -0.2) is 14.6 Å². The van der Waals surface area contributed by atoms with Gasteiger partial charge in [0.1, 0.15) is 5.54 Å². The number of carbonyl (C=O) groups excluding carboxylic acids is 2. The Morgan fingerprint density at radius 3 is 2.02 bits per heavy atom. The van der Waals surface area contributed by atoms with Crippen LogP contribution in [0.25, 0.3) is 11.3 Å². The van der Waals surface area contributed by atoms with Crippen LogP contribution in [0, 0.1) is 6.92 Å². The predicted molar refractivity (Wildman–Crippen MR) is 165 cm³/mol. The summed E-state index contributed by atoms with van der Waals surface area (Å²) in [5.74, 6) is -0.276. The molecule has 0 aliphatic heterocycles. The molecule has 1 aliphatic rings. The standard InChI is InChI=1S/C34H37N3O3S/c1-25-30(28-19-11-5-12-20-28)35-32(41-25)36-33(39)37(34(31(38)40-2)22-13-6-14-23-34)24-21-29(26-15-7-3-8-16-26)27-17-9-4-10-18-27/h3-5,7-12,15-20,29H,6,13-14,21-24H2,1-2H3,(H,35,36,39). The van der Waals surface area contributed by atoms with Crippen molar-refractivity contribution in [3.8, 4) is 11.3 Å². The number of hydrogen-bond donors (Lipinski definition) is 1. The van der Waals surface area contributed by atoms with Gasteiger partial charge in [-0.2, -0.15) is 0 Å². The molecular formula is C34H37N3O3S. The fraction of sp³-hybridized carbons (Fsp3) is 0.324. The number of methoxy groups -OCH3 is 1. The number of thiazole rings is 1. The maximum atomic E-state index is 14.2. The number of esters is 1. The van der Waals surface area contributed by atoms with Crippen molar-refractivity contribution in [3.63, 3.8) is 0 Å². The first-order valence-electron chi connectivity index (χ1n) is 14.3. The van der Waals surface area contributed by atoms with E-state index >= 15 is 0 Å². The highest BCUT2D eigenvalue weighted by atomic mass is 32.1. The Labute approximate surface area is 246 Å². The molecule has 0 saturated heterocycles. The number of rotatable bonds is 9. The summed E-state index contributed by atoms with van der Waals surface area (Å²) in [6.45, 7) is 2.40. The molecule has 212 valence electrons. The third-order valence-corrected chi connectivity index (χ3v) is 9.00. The van der Waals surface area contributed by atoms with E-state index in [0.29, 0.717) is 30.9 Å². The lowest BCUT2D eigenvalue weighted by Crippen LogP contribution is -2.60. The fourth-order valence-corrected chi connectivity index (χ4v) is 6.87. The highest BCUT2D eigenvalue weighted by Gasteiger charge is 2.48. The summed E-state index contributed by atoms with van der Waals surface area (Å²) < 4.78 is 5.36. The van der Waals surface area contributed by atoms with Crippen molar-refractivity contribution in [3.05, 3.63) is 107 Å². The lowest BCUT2D eigenvalue weighted by atomic mass is 9.79. The number of ether oxygens (including phenoxy) is 1. The lowest BCUT2D eigenvalue weighted by molar-refractivity contribution is -0.155. The Bertz CT molecular complexity index is 1390. The molecule has 0 spiro atoms. The van der Waals surface area contributed by atoms with Gasteiger partial charge in [-0.1, -0.05) is 110 Å². The normalized spacial score (nSPS) is 14.4. The van der Waals surface area contributed by atoms with Gasteiger partial charge in [0, 0.05) is 22.9 Å². The third kappa shape index (κ3) is 6.35. The highest BCUT2D eigenvalue weighted by Crippen LogP contribution is 2.38. The van der Waals surface area contributed by atoms with Crippen molar-refractivity contribution in [2.24, 2.45) is 0 Å². The van der Waals surface area contributed by atoms with Crippen molar-refractivity contribution in [2.75, 3.05) is 19.0 Å². The second-order valence-corrected chi connectivity index (χ2v) is 11.8. The van der Waals surface area contributed by atoms with Crippen molar-refractivity contribution < 1.29 is 14.3 Å². The zero-order chi connectivity index (χ0) is 28.7. The minimum atomic E-state index is -1.01. The molecule has 0 bridgehead atoms. The average Bonchev–Trinajstić information content (AvgIpc) is 3.39. The van der Waals surface area contributed by atoms with Crippen molar-refractivity contribution in [2.45, 2.75) is 56.9 Å². The van der Waals surface area contributed by atoms with Crippen LogP contribution < -0.4 is 5.32 Å². The van der Waals surface area contributed by atoms with E-state index in [0.717, 1.165) is 35.4 Å².